The average molecular weight is 1090 g/mol. The molecule has 78 heavy (non-hydrogen) atoms. The molecule has 0 N–H and O–H groups in total. The maximum Gasteiger partial charge on any atom is 0.306 e. The summed E-state index contributed by atoms with van der Waals surface area (Å²) < 4.78 is 16.9. The summed E-state index contributed by atoms with van der Waals surface area (Å²) in [5, 5.41) is 0. The number of hydrogen-bond acceptors (Lipinski definition) is 6. The molecule has 0 rings (SSSR count). The minimum absolute atomic E-state index is 0.0828. The third-order valence-corrected chi connectivity index (χ3v) is 14.6. The zero-order chi connectivity index (χ0) is 56.4. The van der Waals surface area contributed by atoms with Gasteiger partial charge in [-0.05, 0) is 96.3 Å². The third kappa shape index (κ3) is 63.4. The molecule has 6 nitrogen and oxygen atoms in total. The van der Waals surface area contributed by atoms with Crippen molar-refractivity contribution in [2.45, 2.75) is 341 Å². The van der Waals surface area contributed by atoms with Gasteiger partial charge in [-0.1, -0.05) is 305 Å². The Balaban J connectivity index is 4.33. The molecule has 450 valence electrons. The quantitative estimate of drug-likeness (QED) is 0.0261. The highest BCUT2D eigenvalue weighted by Gasteiger charge is 2.19. The summed E-state index contributed by atoms with van der Waals surface area (Å²) in [5.41, 5.74) is 0. The second-order valence-electron chi connectivity index (χ2n) is 22.4. The molecule has 0 heterocycles. The molecule has 0 aromatic carbocycles. The molecule has 0 amide bonds. The Bertz CT molecular complexity index is 1480. The summed E-state index contributed by atoms with van der Waals surface area (Å²) in [6.45, 7) is 6.54. The number of esters is 3. The predicted octanol–water partition coefficient (Wildman–Crippen LogP) is 23.1. The molecule has 0 radical (unpaired) electrons. The van der Waals surface area contributed by atoms with E-state index in [1.807, 2.05) is 0 Å². The van der Waals surface area contributed by atoms with Crippen LogP contribution in [0.1, 0.15) is 335 Å². The number of allylic oxidation sites excluding steroid dienone is 14. The lowest BCUT2D eigenvalue weighted by atomic mass is 10.0. The standard InChI is InChI=1S/C72H126O6/c1-4-7-10-13-16-19-22-25-27-29-31-33-35-36-37-39-40-42-44-47-50-53-56-59-62-65-71(74)77-68-69(67-76-70(73)64-61-58-55-52-49-46-24-21-18-15-12-9-6-3)78-72(75)66-63-60-57-54-51-48-45-43-41-38-34-32-30-28-26-23-20-17-14-11-8-5-2/h7,10,16,19,21,24-25,27,31,33,36-37,40,42,69H,4-6,8-9,11-15,17-18,20,22-23,26,28-30,32,34-35,38-39,41,43-68H2,1-3H3/b10-7-,19-16-,24-21-,27-25-,33-31-,37-36-,42-40-. The summed E-state index contributed by atoms with van der Waals surface area (Å²) in [7, 11) is 0. The smallest absolute Gasteiger partial charge is 0.306 e. The first-order valence-corrected chi connectivity index (χ1v) is 33.6. The molecule has 1 atom stereocenters. The summed E-state index contributed by atoms with van der Waals surface area (Å²) in [4.78, 5) is 38.4. The molecule has 1 unspecified atom stereocenters. The van der Waals surface area contributed by atoms with Crippen molar-refractivity contribution in [2.75, 3.05) is 13.2 Å². The topological polar surface area (TPSA) is 78.9 Å². The maximum absolute atomic E-state index is 12.9. The van der Waals surface area contributed by atoms with Gasteiger partial charge in [-0.2, -0.15) is 0 Å². The Morgan fingerprint density at radius 2 is 0.500 bits per heavy atom. The Kier molecular flexibility index (Phi) is 63.2. The molecule has 0 spiro atoms. The largest absolute Gasteiger partial charge is 0.462 e. The van der Waals surface area contributed by atoms with Crippen LogP contribution in [-0.2, 0) is 28.6 Å². The van der Waals surface area contributed by atoms with Crippen LogP contribution < -0.4 is 0 Å². The fourth-order valence-corrected chi connectivity index (χ4v) is 9.62. The molecule has 0 aromatic rings. The van der Waals surface area contributed by atoms with Crippen LogP contribution in [0.15, 0.2) is 85.1 Å². The van der Waals surface area contributed by atoms with Crippen molar-refractivity contribution in [1.29, 1.82) is 0 Å². The molecule has 0 aliphatic heterocycles. The normalized spacial score (nSPS) is 12.6. The van der Waals surface area contributed by atoms with Crippen molar-refractivity contribution in [2.24, 2.45) is 0 Å². The zero-order valence-corrected chi connectivity index (χ0v) is 51.7. The number of unbranched alkanes of at least 4 members (excludes halogenated alkanes) is 36. The van der Waals surface area contributed by atoms with Crippen LogP contribution in [0.4, 0.5) is 0 Å². The molecule has 0 aromatic heterocycles. The van der Waals surface area contributed by atoms with E-state index in [9.17, 15) is 14.4 Å². The lowest BCUT2D eigenvalue weighted by molar-refractivity contribution is -0.167. The monoisotopic (exact) mass is 1090 g/mol. The first kappa shape index (κ1) is 74.6. The minimum Gasteiger partial charge on any atom is -0.462 e. The molecule has 0 aliphatic carbocycles. The van der Waals surface area contributed by atoms with E-state index in [0.717, 1.165) is 116 Å². The third-order valence-electron chi connectivity index (χ3n) is 14.6. The second kappa shape index (κ2) is 66.1. The Labute approximate surface area is 484 Å². The van der Waals surface area contributed by atoms with Crippen molar-refractivity contribution < 1.29 is 28.6 Å². The van der Waals surface area contributed by atoms with Gasteiger partial charge in [0.05, 0.1) is 0 Å². The van der Waals surface area contributed by atoms with Crippen LogP contribution in [0.25, 0.3) is 0 Å². The number of carbonyl (C=O) groups is 3. The predicted molar refractivity (Wildman–Crippen MR) is 339 cm³/mol. The summed E-state index contributed by atoms with van der Waals surface area (Å²) in [6, 6.07) is 0. The minimum atomic E-state index is -0.786. The van der Waals surface area contributed by atoms with Crippen LogP contribution in [0.5, 0.6) is 0 Å². The fourth-order valence-electron chi connectivity index (χ4n) is 9.62. The average Bonchev–Trinajstić information content (AvgIpc) is 3.44. The molecule has 0 bridgehead atoms. The van der Waals surface area contributed by atoms with E-state index >= 15 is 0 Å². The molecular weight excluding hydrogens is 961 g/mol. The van der Waals surface area contributed by atoms with Gasteiger partial charge in [0.15, 0.2) is 6.10 Å². The van der Waals surface area contributed by atoms with Gasteiger partial charge in [-0.3, -0.25) is 14.4 Å². The highest BCUT2D eigenvalue weighted by atomic mass is 16.6. The summed E-state index contributed by atoms with van der Waals surface area (Å²) in [6.07, 6.45) is 87.4. The second-order valence-corrected chi connectivity index (χ2v) is 22.4. The van der Waals surface area contributed by atoms with Gasteiger partial charge in [0.2, 0.25) is 0 Å². The number of rotatable bonds is 61. The van der Waals surface area contributed by atoms with Gasteiger partial charge in [0.25, 0.3) is 0 Å². The van der Waals surface area contributed by atoms with E-state index in [4.69, 9.17) is 14.2 Å². The van der Waals surface area contributed by atoms with E-state index < -0.39 is 6.10 Å². The Hall–Kier alpha value is -3.41. The van der Waals surface area contributed by atoms with Crippen LogP contribution in [0.2, 0.25) is 0 Å². The van der Waals surface area contributed by atoms with E-state index in [1.54, 1.807) is 0 Å². The van der Waals surface area contributed by atoms with Gasteiger partial charge < -0.3 is 14.2 Å². The lowest BCUT2D eigenvalue weighted by Crippen LogP contribution is -2.30. The van der Waals surface area contributed by atoms with Crippen LogP contribution in [0, 0.1) is 0 Å². The molecule has 0 aliphatic rings. The first-order valence-electron chi connectivity index (χ1n) is 33.6. The fraction of sp³-hybridized carbons (Fsp3) is 0.764. The van der Waals surface area contributed by atoms with E-state index in [-0.39, 0.29) is 31.1 Å². The van der Waals surface area contributed by atoms with Crippen LogP contribution in [-0.4, -0.2) is 37.2 Å². The lowest BCUT2D eigenvalue weighted by Gasteiger charge is -2.18. The van der Waals surface area contributed by atoms with Crippen LogP contribution >= 0.6 is 0 Å². The SMILES string of the molecule is CC/C=C\C/C=C\C/C=C\C/C=C\C/C=C\C/C=C\CCCCCCCCC(=O)OCC(COC(=O)CCCCCCC/C=C\CCCCCC)OC(=O)CCCCCCCCCCCCCCCCCCCCCCCC. The number of carbonyl (C=O) groups excluding carboxylic acids is 3. The van der Waals surface area contributed by atoms with Crippen molar-refractivity contribution in [3.63, 3.8) is 0 Å². The van der Waals surface area contributed by atoms with Gasteiger partial charge in [-0.25, -0.2) is 0 Å². The van der Waals surface area contributed by atoms with E-state index in [0.29, 0.717) is 19.3 Å². The van der Waals surface area contributed by atoms with Crippen molar-refractivity contribution >= 4 is 17.9 Å². The summed E-state index contributed by atoms with van der Waals surface area (Å²) >= 11 is 0. The number of ether oxygens (including phenoxy) is 3. The number of hydrogen-bond donors (Lipinski definition) is 0. The molecule has 6 heteroatoms. The van der Waals surface area contributed by atoms with E-state index in [1.165, 1.54) is 180 Å². The van der Waals surface area contributed by atoms with Crippen LogP contribution in [0.3, 0.4) is 0 Å². The van der Waals surface area contributed by atoms with Gasteiger partial charge in [0, 0.05) is 19.3 Å². The van der Waals surface area contributed by atoms with Gasteiger partial charge in [-0.15, -0.1) is 0 Å². The van der Waals surface area contributed by atoms with Gasteiger partial charge in [0.1, 0.15) is 13.2 Å². The van der Waals surface area contributed by atoms with Gasteiger partial charge >= 0.3 is 17.9 Å². The first-order chi connectivity index (χ1) is 38.5. The molecule has 0 fully saturated rings. The highest BCUT2D eigenvalue weighted by Crippen LogP contribution is 2.17. The maximum atomic E-state index is 12.9. The molecule has 0 saturated carbocycles. The Morgan fingerprint density at radius 3 is 0.808 bits per heavy atom. The Morgan fingerprint density at radius 1 is 0.269 bits per heavy atom. The van der Waals surface area contributed by atoms with E-state index in [2.05, 4.69) is 106 Å². The molecule has 0 saturated heterocycles. The van der Waals surface area contributed by atoms with Crippen molar-refractivity contribution in [3.8, 4) is 0 Å². The van der Waals surface area contributed by atoms with Crippen molar-refractivity contribution in [3.05, 3.63) is 85.1 Å². The zero-order valence-electron chi connectivity index (χ0n) is 51.7. The highest BCUT2D eigenvalue weighted by molar-refractivity contribution is 5.71. The van der Waals surface area contributed by atoms with Crippen molar-refractivity contribution in [1.82, 2.24) is 0 Å². The summed E-state index contributed by atoms with van der Waals surface area (Å²) in [5.74, 6) is -0.889. The molecular formula is C72H126O6.